The first-order valence-corrected chi connectivity index (χ1v) is 15.7. The summed E-state index contributed by atoms with van der Waals surface area (Å²) in [5, 5.41) is 3.36. The van der Waals surface area contributed by atoms with Gasteiger partial charge in [-0.3, -0.25) is 13.9 Å². The van der Waals surface area contributed by atoms with E-state index in [4.69, 9.17) is 16.3 Å². The lowest BCUT2D eigenvalue weighted by Crippen LogP contribution is -2.53. The number of carbonyl (C=O) groups is 2. The summed E-state index contributed by atoms with van der Waals surface area (Å²) in [5.41, 5.74) is 2.45. The van der Waals surface area contributed by atoms with Gasteiger partial charge in [0.15, 0.2) is 0 Å². The van der Waals surface area contributed by atoms with Crippen molar-refractivity contribution in [3.63, 3.8) is 0 Å². The summed E-state index contributed by atoms with van der Waals surface area (Å²) < 4.78 is 32.4. The Hall–Kier alpha value is -3.56. The van der Waals surface area contributed by atoms with E-state index in [9.17, 15) is 18.0 Å². The number of benzene rings is 3. The number of hydrogen-bond donors (Lipinski definition) is 1. The van der Waals surface area contributed by atoms with Gasteiger partial charge in [-0.2, -0.15) is 0 Å². The molecule has 1 unspecified atom stereocenters. The highest BCUT2D eigenvalue weighted by Gasteiger charge is 2.33. The van der Waals surface area contributed by atoms with Crippen LogP contribution in [0.25, 0.3) is 0 Å². The number of carbonyl (C=O) groups excluding carboxylic acids is 2. The molecule has 3 rings (SSSR count). The molecule has 3 aromatic carbocycles. The maximum absolute atomic E-state index is 14.2. The first kappa shape index (κ1) is 32.0. The van der Waals surface area contributed by atoms with Gasteiger partial charge in [0.1, 0.15) is 18.3 Å². The van der Waals surface area contributed by atoms with Crippen molar-refractivity contribution < 1.29 is 22.7 Å². The molecule has 0 saturated heterocycles. The molecule has 3 aromatic rings. The van der Waals surface area contributed by atoms with Crippen molar-refractivity contribution >= 4 is 39.1 Å². The van der Waals surface area contributed by atoms with Gasteiger partial charge >= 0.3 is 0 Å². The highest BCUT2D eigenvalue weighted by Crippen LogP contribution is 2.29. The largest absolute Gasteiger partial charge is 0.497 e. The Labute approximate surface area is 248 Å². The Kier molecular flexibility index (Phi) is 11.6. The third-order valence-electron chi connectivity index (χ3n) is 6.77. The van der Waals surface area contributed by atoms with Crippen molar-refractivity contribution in [1.29, 1.82) is 0 Å². The van der Waals surface area contributed by atoms with Crippen LogP contribution in [0.5, 0.6) is 5.75 Å². The second-order valence-corrected chi connectivity index (χ2v) is 12.2. The van der Waals surface area contributed by atoms with Crippen LogP contribution in [0.4, 0.5) is 5.69 Å². The number of hydrogen-bond acceptors (Lipinski definition) is 5. The zero-order valence-electron chi connectivity index (χ0n) is 24.0. The second-order valence-electron chi connectivity index (χ2n) is 9.88. The van der Waals surface area contributed by atoms with E-state index < -0.39 is 28.5 Å². The Balaban J connectivity index is 2.07. The normalized spacial score (nSPS) is 11.9. The lowest BCUT2D eigenvalue weighted by Gasteiger charge is -2.34. The zero-order valence-corrected chi connectivity index (χ0v) is 25.5. The van der Waals surface area contributed by atoms with Crippen LogP contribution in [-0.4, -0.2) is 57.6 Å². The minimum atomic E-state index is -3.89. The third-order valence-corrected chi connectivity index (χ3v) is 8.31. The van der Waals surface area contributed by atoms with E-state index in [1.54, 1.807) is 44.4 Å². The summed E-state index contributed by atoms with van der Waals surface area (Å²) in [6.07, 6.45) is 3.00. The summed E-state index contributed by atoms with van der Waals surface area (Å²) in [7, 11) is -2.33. The highest BCUT2D eigenvalue weighted by atomic mass is 35.5. The Morgan fingerprint density at radius 3 is 2.34 bits per heavy atom. The molecular weight excluding hydrogens is 562 g/mol. The fourth-order valence-corrected chi connectivity index (χ4v) is 5.56. The fourth-order valence-electron chi connectivity index (χ4n) is 4.49. The predicted molar refractivity (Wildman–Crippen MR) is 164 cm³/mol. The minimum Gasteiger partial charge on any atom is -0.497 e. The smallest absolute Gasteiger partial charge is 0.244 e. The average molecular weight is 600 g/mol. The number of nitrogens with zero attached hydrogens (tertiary/aromatic N) is 2. The van der Waals surface area contributed by atoms with Crippen molar-refractivity contribution in [3.05, 3.63) is 94.5 Å². The summed E-state index contributed by atoms with van der Waals surface area (Å²) in [6.45, 7) is 3.77. The number of sulfonamides is 1. The molecule has 0 aliphatic heterocycles. The first-order valence-electron chi connectivity index (χ1n) is 13.5. The summed E-state index contributed by atoms with van der Waals surface area (Å²) >= 11 is 6.30. The molecule has 10 heteroatoms. The van der Waals surface area contributed by atoms with E-state index in [1.807, 2.05) is 49.4 Å². The topological polar surface area (TPSA) is 96.0 Å². The molecule has 1 N–H and O–H groups in total. The van der Waals surface area contributed by atoms with Gasteiger partial charge in [0, 0.05) is 24.5 Å². The number of amides is 2. The molecule has 0 aliphatic rings. The van der Waals surface area contributed by atoms with Gasteiger partial charge < -0.3 is 15.0 Å². The fraction of sp³-hybridized carbons (Fsp3) is 0.355. The van der Waals surface area contributed by atoms with Crippen molar-refractivity contribution in [1.82, 2.24) is 10.2 Å². The molecule has 0 fully saturated rings. The maximum Gasteiger partial charge on any atom is 0.244 e. The maximum atomic E-state index is 14.2. The molecule has 0 radical (unpaired) electrons. The highest BCUT2D eigenvalue weighted by molar-refractivity contribution is 7.92. The van der Waals surface area contributed by atoms with Gasteiger partial charge in [0.05, 0.1) is 19.1 Å². The molecule has 0 bridgehead atoms. The lowest BCUT2D eigenvalue weighted by molar-refractivity contribution is -0.140. The first-order chi connectivity index (χ1) is 19.5. The third kappa shape index (κ3) is 8.96. The van der Waals surface area contributed by atoms with Crippen LogP contribution >= 0.6 is 11.6 Å². The zero-order chi connectivity index (χ0) is 30.0. The molecule has 2 amide bonds. The lowest BCUT2D eigenvalue weighted by atomic mass is 10.0. The number of ether oxygens (including phenoxy) is 1. The van der Waals surface area contributed by atoms with Crippen LogP contribution in [0.2, 0.25) is 5.02 Å². The summed E-state index contributed by atoms with van der Waals surface area (Å²) in [6, 6.07) is 20.7. The molecule has 220 valence electrons. The Morgan fingerprint density at radius 1 is 1.00 bits per heavy atom. The van der Waals surface area contributed by atoms with E-state index in [1.165, 1.54) is 4.90 Å². The van der Waals surface area contributed by atoms with E-state index in [2.05, 4.69) is 5.32 Å². The number of halogens is 1. The molecule has 41 heavy (non-hydrogen) atoms. The van der Waals surface area contributed by atoms with Crippen LogP contribution in [0.1, 0.15) is 36.5 Å². The molecule has 0 spiro atoms. The molecule has 1 atom stereocenters. The van der Waals surface area contributed by atoms with Crippen molar-refractivity contribution in [2.75, 3.05) is 30.8 Å². The van der Waals surface area contributed by atoms with Crippen molar-refractivity contribution in [3.8, 4) is 5.75 Å². The number of methoxy groups -OCH3 is 1. The molecule has 0 saturated carbocycles. The number of unbranched alkanes of at least 4 members (excludes halogenated alkanes) is 1. The van der Waals surface area contributed by atoms with Crippen LogP contribution in [-0.2, 0) is 32.6 Å². The van der Waals surface area contributed by atoms with E-state index in [0.29, 0.717) is 28.6 Å². The molecule has 8 nitrogen and oxygen atoms in total. The van der Waals surface area contributed by atoms with Crippen molar-refractivity contribution in [2.24, 2.45) is 0 Å². The molecule has 0 aromatic heterocycles. The Morgan fingerprint density at radius 2 is 1.68 bits per heavy atom. The molecule has 0 aliphatic carbocycles. The van der Waals surface area contributed by atoms with Crippen LogP contribution < -0.4 is 14.4 Å². The number of nitrogens with one attached hydrogen (secondary N) is 1. The molecule has 0 heterocycles. The summed E-state index contributed by atoms with van der Waals surface area (Å²) in [5.74, 6) is -0.221. The average Bonchev–Trinajstić information content (AvgIpc) is 2.95. The number of anilines is 1. The van der Waals surface area contributed by atoms with Gasteiger partial charge in [0.25, 0.3) is 0 Å². The van der Waals surface area contributed by atoms with E-state index in [-0.39, 0.29) is 18.9 Å². The van der Waals surface area contributed by atoms with E-state index in [0.717, 1.165) is 34.5 Å². The SMILES string of the molecule is CCCCNC(=O)C(Cc1ccccc1)N(Cc1cccc(OC)c1)C(=O)CN(c1cccc(Cl)c1C)S(C)(=O)=O. The van der Waals surface area contributed by atoms with Gasteiger partial charge in [-0.25, -0.2) is 8.42 Å². The quantitative estimate of drug-likeness (QED) is 0.264. The minimum absolute atomic E-state index is 0.0703. The standard InChI is InChI=1S/C31H38ClN3O5S/c1-5-6-18-33-31(37)29(20-24-12-8-7-9-13-24)34(21-25-14-10-15-26(19-25)40-3)30(36)22-35(41(4,38)39)28-17-11-16-27(32)23(28)2/h7-17,19,29H,5-6,18,20-22H2,1-4H3,(H,33,37). The van der Waals surface area contributed by atoms with Crippen LogP contribution in [0.3, 0.4) is 0 Å². The molecular formula is C31H38ClN3O5S. The number of rotatable bonds is 14. The van der Waals surface area contributed by atoms with E-state index >= 15 is 0 Å². The van der Waals surface area contributed by atoms with Crippen LogP contribution in [0.15, 0.2) is 72.8 Å². The summed E-state index contributed by atoms with van der Waals surface area (Å²) in [4.78, 5) is 29.3. The predicted octanol–water partition coefficient (Wildman–Crippen LogP) is 4.98. The monoisotopic (exact) mass is 599 g/mol. The van der Waals surface area contributed by atoms with Gasteiger partial charge in [-0.15, -0.1) is 0 Å². The van der Waals surface area contributed by atoms with Gasteiger partial charge in [0.2, 0.25) is 21.8 Å². The van der Waals surface area contributed by atoms with Crippen molar-refractivity contribution in [2.45, 2.75) is 45.7 Å². The second kappa shape index (κ2) is 14.9. The van der Waals surface area contributed by atoms with Gasteiger partial charge in [-0.05, 0) is 54.3 Å². The van der Waals surface area contributed by atoms with Crippen LogP contribution in [0, 0.1) is 6.92 Å². The Bertz CT molecular complexity index is 1430. The van der Waals surface area contributed by atoms with Gasteiger partial charge in [-0.1, -0.05) is 73.5 Å².